The molecule has 1 fully saturated rings. The summed E-state index contributed by atoms with van der Waals surface area (Å²) < 4.78 is 5.75. The van der Waals surface area contributed by atoms with E-state index in [-0.39, 0.29) is 24.3 Å². The number of anilines is 1. The number of amides is 2. The second kappa shape index (κ2) is 16.5. The van der Waals surface area contributed by atoms with Crippen LogP contribution in [0, 0.1) is 0 Å². The molecule has 0 spiro atoms. The number of rotatable bonds is 14. The van der Waals surface area contributed by atoms with E-state index < -0.39 is 6.09 Å². The van der Waals surface area contributed by atoms with E-state index >= 15 is 0 Å². The van der Waals surface area contributed by atoms with Crippen LogP contribution in [0.25, 0.3) is 11.1 Å². The number of aromatic nitrogens is 2. The van der Waals surface area contributed by atoms with Gasteiger partial charge in [-0.1, -0.05) is 60.7 Å². The highest BCUT2D eigenvalue weighted by molar-refractivity contribution is 6.01. The highest BCUT2D eigenvalue weighted by atomic mass is 16.6. The highest BCUT2D eigenvalue weighted by Gasteiger charge is 2.23. The predicted octanol–water partition coefficient (Wildman–Crippen LogP) is 4.73. The average molecular weight is 624 g/mol. The van der Waals surface area contributed by atoms with Crippen molar-refractivity contribution in [2.24, 2.45) is 0 Å². The zero-order valence-corrected chi connectivity index (χ0v) is 26.1. The van der Waals surface area contributed by atoms with Crippen LogP contribution in [0.1, 0.15) is 46.3 Å². The number of carbonyl (C=O) groups excluding carboxylic acids is 3. The number of benzene rings is 3. The second-order valence-corrected chi connectivity index (χ2v) is 11.1. The molecule has 1 aliphatic heterocycles. The number of para-hydroxylation sites is 1. The van der Waals surface area contributed by atoms with E-state index in [4.69, 9.17) is 4.74 Å². The van der Waals surface area contributed by atoms with Gasteiger partial charge in [-0.2, -0.15) is 0 Å². The predicted molar refractivity (Wildman–Crippen MR) is 177 cm³/mol. The number of Topliss-reactive ketones (excluding diaryl/α,β-unsaturated/α-hetero) is 1. The molecule has 240 valence electrons. The fraction of sp³-hybridized carbons (Fsp3) is 0.314. The number of carbonyl (C=O) groups is 3. The van der Waals surface area contributed by atoms with E-state index in [1.54, 1.807) is 36.7 Å². The van der Waals surface area contributed by atoms with Gasteiger partial charge in [0.05, 0.1) is 18.8 Å². The maximum atomic E-state index is 13.0. The lowest BCUT2D eigenvalue weighted by Crippen LogP contribution is -2.42. The summed E-state index contributed by atoms with van der Waals surface area (Å²) in [5.41, 5.74) is 6.70. The molecule has 0 bridgehead atoms. The highest BCUT2D eigenvalue weighted by Crippen LogP contribution is 2.28. The standard InChI is InChI=1S/C35H41N7O4/c1-2-42(39-25-33-37-17-18-38-33)34(44)28-12-8-11-27(23-28)32(43)24-36-19-22-41-20-15-29(16-21-41)46-35(45)40-31-14-7-6-13-30(31)26-9-4-3-5-10-26/h3-14,17-18,23,29,36,39H,2,15-16,19-22,24-25H2,1H3,(H,37,38)(H,40,45). The number of nitrogens with zero attached hydrogens (tertiary/aromatic N) is 3. The van der Waals surface area contributed by atoms with Crippen molar-refractivity contribution in [1.82, 2.24) is 30.6 Å². The minimum atomic E-state index is -0.444. The van der Waals surface area contributed by atoms with Gasteiger partial charge in [-0.15, -0.1) is 0 Å². The molecule has 2 heterocycles. The van der Waals surface area contributed by atoms with Gasteiger partial charge in [-0.05, 0) is 43.5 Å². The number of aromatic amines is 1. The van der Waals surface area contributed by atoms with Crippen molar-refractivity contribution in [1.29, 1.82) is 0 Å². The molecule has 2 amide bonds. The number of hydrogen-bond acceptors (Lipinski definition) is 8. The Balaban J connectivity index is 1.00. The van der Waals surface area contributed by atoms with Crippen LogP contribution < -0.4 is 16.1 Å². The molecule has 1 aromatic heterocycles. The summed E-state index contributed by atoms with van der Waals surface area (Å²) >= 11 is 0. The molecule has 11 nitrogen and oxygen atoms in total. The largest absolute Gasteiger partial charge is 0.446 e. The van der Waals surface area contributed by atoms with Crippen LogP contribution in [-0.2, 0) is 11.3 Å². The molecule has 0 saturated carbocycles. The van der Waals surface area contributed by atoms with Gasteiger partial charge < -0.3 is 19.9 Å². The van der Waals surface area contributed by atoms with E-state index in [9.17, 15) is 14.4 Å². The number of imidazole rings is 1. The summed E-state index contributed by atoms with van der Waals surface area (Å²) in [5, 5.41) is 7.66. The van der Waals surface area contributed by atoms with Crippen LogP contribution in [0.15, 0.2) is 91.3 Å². The van der Waals surface area contributed by atoms with Crippen LogP contribution in [0.5, 0.6) is 0 Å². The number of hydrazine groups is 1. The van der Waals surface area contributed by atoms with Crippen molar-refractivity contribution in [2.75, 3.05) is 44.6 Å². The van der Waals surface area contributed by atoms with Crippen LogP contribution in [0.4, 0.5) is 10.5 Å². The summed E-state index contributed by atoms with van der Waals surface area (Å²) in [6, 6.07) is 24.4. The molecule has 3 aromatic carbocycles. The van der Waals surface area contributed by atoms with Gasteiger partial charge in [0.2, 0.25) is 0 Å². The van der Waals surface area contributed by atoms with E-state index in [1.165, 1.54) is 5.01 Å². The molecular weight excluding hydrogens is 582 g/mol. The molecule has 0 radical (unpaired) electrons. The van der Waals surface area contributed by atoms with Crippen molar-refractivity contribution in [3.63, 3.8) is 0 Å². The molecule has 4 aromatic rings. The SMILES string of the molecule is CCN(NCc1ncc[nH]1)C(=O)c1cccc(C(=O)CNCCN2CCC(OC(=O)Nc3ccccc3-c3ccccc3)CC2)c1. The third-order valence-corrected chi connectivity index (χ3v) is 7.93. The molecule has 1 aliphatic rings. The number of likely N-dealkylation sites (tertiary alicyclic amines) is 1. The normalized spacial score (nSPS) is 13.7. The molecule has 11 heteroatoms. The van der Waals surface area contributed by atoms with E-state index in [1.807, 2.05) is 61.5 Å². The first-order valence-corrected chi connectivity index (χ1v) is 15.7. The summed E-state index contributed by atoms with van der Waals surface area (Å²) in [6.07, 6.45) is 4.30. The molecule has 0 unspecified atom stereocenters. The van der Waals surface area contributed by atoms with Gasteiger partial charge in [0.25, 0.3) is 5.91 Å². The van der Waals surface area contributed by atoms with Gasteiger partial charge in [0, 0.05) is 61.8 Å². The Hall–Kier alpha value is -4.84. The Morgan fingerprint density at radius 1 is 0.978 bits per heavy atom. The molecule has 4 N–H and O–H groups in total. The number of piperidine rings is 1. The molecule has 5 rings (SSSR count). The van der Waals surface area contributed by atoms with Crippen LogP contribution in [0.2, 0.25) is 0 Å². The van der Waals surface area contributed by atoms with Crippen molar-refractivity contribution < 1.29 is 19.1 Å². The van der Waals surface area contributed by atoms with Crippen molar-refractivity contribution in [3.05, 3.63) is 108 Å². The summed E-state index contributed by atoms with van der Waals surface area (Å²) in [4.78, 5) is 48.1. The Kier molecular flexibility index (Phi) is 11.7. The Labute approximate surface area is 269 Å². The molecule has 1 saturated heterocycles. The van der Waals surface area contributed by atoms with E-state index in [2.05, 4.69) is 30.9 Å². The van der Waals surface area contributed by atoms with Crippen LogP contribution in [0.3, 0.4) is 0 Å². The van der Waals surface area contributed by atoms with Gasteiger partial charge in [-0.25, -0.2) is 15.2 Å². The molecular formula is C35H41N7O4. The number of nitrogens with one attached hydrogen (secondary N) is 4. The monoisotopic (exact) mass is 623 g/mol. The van der Waals surface area contributed by atoms with Gasteiger partial charge >= 0.3 is 6.09 Å². The number of hydrogen-bond donors (Lipinski definition) is 4. The maximum absolute atomic E-state index is 13.0. The maximum Gasteiger partial charge on any atom is 0.411 e. The number of H-pyrrole nitrogens is 1. The lowest BCUT2D eigenvalue weighted by molar-refractivity contribution is 0.0592. The van der Waals surface area contributed by atoms with Gasteiger partial charge in [0.15, 0.2) is 5.78 Å². The third kappa shape index (κ3) is 9.10. The molecule has 0 aliphatic carbocycles. The number of ketones is 1. The van der Waals surface area contributed by atoms with Crippen LogP contribution >= 0.6 is 0 Å². The van der Waals surface area contributed by atoms with E-state index in [0.29, 0.717) is 30.8 Å². The first kappa shape index (κ1) is 32.6. The average Bonchev–Trinajstić information content (AvgIpc) is 3.62. The topological polar surface area (TPSA) is 132 Å². The smallest absolute Gasteiger partial charge is 0.411 e. The van der Waals surface area contributed by atoms with Gasteiger partial charge in [0.1, 0.15) is 11.9 Å². The zero-order chi connectivity index (χ0) is 32.1. The Morgan fingerprint density at radius 3 is 2.50 bits per heavy atom. The van der Waals surface area contributed by atoms with Crippen molar-refractivity contribution in [3.8, 4) is 11.1 Å². The molecule has 0 atom stereocenters. The lowest BCUT2D eigenvalue weighted by Gasteiger charge is -2.31. The van der Waals surface area contributed by atoms with Crippen molar-refractivity contribution >= 4 is 23.5 Å². The summed E-state index contributed by atoms with van der Waals surface area (Å²) in [5.74, 6) is 0.440. The quantitative estimate of drug-likeness (QED) is 0.0901. The zero-order valence-electron chi connectivity index (χ0n) is 26.1. The first-order valence-electron chi connectivity index (χ1n) is 15.7. The Morgan fingerprint density at radius 2 is 1.74 bits per heavy atom. The Bertz CT molecular complexity index is 1570. The minimum absolute atomic E-state index is 0.0757. The first-order chi connectivity index (χ1) is 22.5. The second-order valence-electron chi connectivity index (χ2n) is 11.1. The summed E-state index contributed by atoms with van der Waals surface area (Å²) in [6.45, 7) is 5.94. The fourth-order valence-electron chi connectivity index (χ4n) is 5.42. The van der Waals surface area contributed by atoms with Crippen molar-refractivity contribution in [2.45, 2.75) is 32.4 Å². The van der Waals surface area contributed by atoms with Crippen LogP contribution in [-0.4, -0.2) is 83.0 Å². The van der Waals surface area contributed by atoms with E-state index in [0.717, 1.165) is 55.1 Å². The molecule has 46 heavy (non-hydrogen) atoms. The third-order valence-electron chi connectivity index (χ3n) is 7.93. The minimum Gasteiger partial charge on any atom is -0.446 e. The summed E-state index contributed by atoms with van der Waals surface area (Å²) in [7, 11) is 0. The lowest BCUT2D eigenvalue weighted by atomic mass is 10.0. The number of ether oxygens (including phenoxy) is 1. The van der Waals surface area contributed by atoms with Gasteiger partial charge in [-0.3, -0.25) is 19.9 Å². The fourth-order valence-corrected chi connectivity index (χ4v) is 5.42.